The minimum atomic E-state index is -1.08. The third kappa shape index (κ3) is 1.85. The fourth-order valence-corrected chi connectivity index (χ4v) is 2.84. The Hall–Kier alpha value is -0.260. The molecule has 1 aromatic rings. The van der Waals surface area contributed by atoms with Gasteiger partial charge in [-0.2, -0.15) is 0 Å². The lowest BCUT2D eigenvalue weighted by Gasteiger charge is -1.93. The van der Waals surface area contributed by atoms with E-state index in [-0.39, 0.29) is 0 Å². The number of nitrogens with one attached hydrogen (secondary N) is 1. The highest BCUT2D eigenvalue weighted by Crippen LogP contribution is 2.19. The van der Waals surface area contributed by atoms with E-state index in [4.69, 9.17) is 0 Å². The van der Waals surface area contributed by atoms with Crippen molar-refractivity contribution in [3.05, 3.63) is 10.7 Å². The van der Waals surface area contributed by atoms with Crippen LogP contribution in [-0.4, -0.2) is 16.2 Å². The van der Waals surface area contributed by atoms with Crippen LogP contribution in [-0.2, 0) is 11.0 Å². The molecule has 5 heteroatoms. The van der Waals surface area contributed by atoms with Crippen molar-refractivity contribution in [3.8, 4) is 0 Å². The first kappa shape index (κ1) is 8.83. The second-order valence-electron chi connectivity index (χ2n) is 2.08. The Morgan fingerprint density at radius 2 is 2.18 bits per heavy atom. The SMILES string of the molecule is CNS(=O)c1sc(C)nc1C. The largest absolute Gasteiger partial charge is 0.246 e. The summed E-state index contributed by atoms with van der Waals surface area (Å²) in [5, 5.41) is 0.959. The quantitative estimate of drug-likeness (QED) is 0.756. The number of aromatic nitrogens is 1. The van der Waals surface area contributed by atoms with Crippen molar-refractivity contribution in [2.45, 2.75) is 18.1 Å². The van der Waals surface area contributed by atoms with Crippen LogP contribution in [0.15, 0.2) is 4.21 Å². The number of hydrogen-bond acceptors (Lipinski definition) is 3. The van der Waals surface area contributed by atoms with Gasteiger partial charge in [-0.25, -0.2) is 13.9 Å². The summed E-state index contributed by atoms with van der Waals surface area (Å²) in [6, 6.07) is 0. The van der Waals surface area contributed by atoms with Crippen LogP contribution in [0.5, 0.6) is 0 Å². The molecule has 0 aliphatic heterocycles. The molecule has 0 fully saturated rings. The zero-order chi connectivity index (χ0) is 8.43. The summed E-state index contributed by atoms with van der Waals surface area (Å²) in [5.41, 5.74) is 0.861. The molecule has 1 atom stereocenters. The predicted molar refractivity (Wildman–Crippen MR) is 47.1 cm³/mol. The molecule has 0 amide bonds. The maximum Gasteiger partial charge on any atom is 0.136 e. The lowest BCUT2D eigenvalue weighted by atomic mass is 10.6. The lowest BCUT2D eigenvalue weighted by Crippen LogP contribution is -2.09. The Morgan fingerprint density at radius 3 is 2.55 bits per heavy atom. The van der Waals surface area contributed by atoms with Crippen molar-refractivity contribution in [3.63, 3.8) is 0 Å². The van der Waals surface area contributed by atoms with Crippen molar-refractivity contribution < 1.29 is 4.21 Å². The van der Waals surface area contributed by atoms with Gasteiger partial charge < -0.3 is 0 Å². The standard InChI is InChI=1S/C6H10N2OS2/c1-4-6(11(9)7-3)10-5(2)8-4/h7H,1-3H3. The van der Waals surface area contributed by atoms with Crippen LogP contribution in [0.2, 0.25) is 0 Å². The molecule has 1 unspecified atom stereocenters. The highest BCUT2D eigenvalue weighted by atomic mass is 32.2. The molecule has 0 radical (unpaired) electrons. The predicted octanol–water partition coefficient (Wildman–Crippen LogP) is 1.00. The summed E-state index contributed by atoms with van der Waals surface area (Å²) in [5.74, 6) is 0. The van der Waals surface area contributed by atoms with E-state index >= 15 is 0 Å². The zero-order valence-corrected chi connectivity index (χ0v) is 8.30. The Balaban J connectivity index is 3.03. The second kappa shape index (κ2) is 3.42. The van der Waals surface area contributed by atoms with Gasteiger partial charge in [-0.15, -0.1) is 11.3 Å². The maximum absolute atomic E-state index is 11.2. The minimum absolute atomic E-state index is 0.824. The maximum atomic E-state index is 11.2. The van der Waals surface area contributed by atoms with Crippen LogP contribution in [0.4, 0.5) is 0 Å². The second-order valence-corrected chi connectivity index (χ2v) is 4.89. The third-order valence-electron chi connectivity index (χ3n) is 1.21. The van der Waals surface area contributed by atoms with E-state index < -0.39 is 11.0 Å². The fourth-order valence-electron chi connectivity index (χ4n) is 0.777. The molecule has 1 aromatic heterocycles. The van der Waals surface area contributed by atoms with Gasteiger partial charge in [0.05, 0.1) is 10.7 Å². The Bertz CT molecular complexity index is 282. The molecule has 0 aliphatic carbocycles. The Morgan fingerprint density at radius 1 is 1.55 bits per heavy atom. The fraction of sp³-hybridized carbons (Fsp3) is 0.500. The topological polar surface area (TPSA) is 42.0 Å². The highest BCUT2D eigenvalue weighted by molar-refractivity contribution is 7.85. The molecule has 62 valence electrons. The van der Waals surface area contributed by atoms with E-state index in [1.807, 2.05) is 13.8 Å². The van der Waals surface area contributed by atoms with Crippen LogP contribution in [0.1, 0.15) is 10.7 Å². The normalized spacial score (nSPS) is 13.4. The Labute approximate surface area is 72.4 Å². The van der Waals surface area contributed by atoms with Crippen LogP contribution in [0.25, 0.3) is 0 Å². The van der Waals surface area contributed by atoms with Gasteiger partial charge in [0.1, 0.15) is 15.2 Å². The monoisotopic (exact) mass is 190 g/mol. The summed E-state index contributed by atoms with van der Waals surface area (Å²) < 4.78 is 14.7. The van der Waals surface area contributed by atoms with Crippen LogP contribution < -0.4 is 4.72 Å². The summed E-state index contributed by atoms with van der Waals surface area (Å²) in [6.07, 6.45) is 0. The molecular weight excluding hydrogens is 180 g/mol. The molecule has 0 aliphatic rings. The van der Waals surface area contributed by atoms with Crippen LogP contribution in [0, 0.1) is 13.8 Å². The van der Waals surface area contributed by atoms with Gasteiger partial charge in [0, 0.05) is 0 Å². The molecular formula is C6H10N2OS2. The third-order valence-corrected chi connectivity index (χ3v) is 3.79. The smallest absolute Gasteiger partial charge is 0.136 e. The van der Waals surface area contributed by atoms with Crippen LogP contribution in [0.3, 0.4) is 0 Å². The van der Waals surface area contributed by atoms with Gasteiger partial charge in [0.15, 0.2) is 0 Å². The first-order chi connectivity index (χ1) is 5.15. The van der Waals surface area contributed by atoms with E-state index in [2.05, 4.69) is 9.71 Å². The highest BCUT2D eigenvalue weighted by Gasteiger charge is 2.09. The molecule has 0 spiro atoms. The number of thiazole rings is 1. The number of hydrogen-bond donors (Lipinski definition) is 1. The first-order valence-corrected chi connectivity index (χ1v) is 5.15. The molecule has 11 heavy (non-hydrogen) atoms. The summed E-state index contributed by atoms with van der Waals surface area (Å²) >= 11 is 1.47. The molecule has 0 saturated carbocycles. The van der Waals surface area contributed by atoms with E-state index in [1.165, 1.54) is 11.3 Å². The van der Waals surface area contributed by atoms with Gasteiger partial charge in [-0.05, 0) is 20.9 Å². The van der Waals surface area contributed by atoms with Gasteiger partial charge >= 0.3 is 0 Å². The van der Waals surface area contributed by atoms with E-state index in [9.17, 15) is 4.21 Å². The van der Waals surface area contributed by atoms with Crippen molar-refractivity contribution >= 4 is 22.3 Å². The van der Waals surface area contributed by atoms with Gasteiger partial charge in [-0.1, -0.05) is 0 Å². The average Bonchev–Trinajstić information content (AvgIpc) is 2.28. The Kier molecular flexibility index (Phi) is 2.75. The zero-order valence-electron chi connectivity index (χ0n) is 6.67. The first-order valence-electron chi connectivity index (χ1n) is 3.18. The molecule has 1 heterocycles. The molecule has 0 aromatic carbocycles. The summed E-state index contributed by atoms with van der Waals surface area (Å²) in [6.45, 7) is 3.78. The van der Waals surface area contributed by atoms with Crippen molar-refractivity contribution in [2.75, 3.05) is 7.05 Å². The number of aryl methyl sites for hydroxylation is 2. The molecule has 3 nitrogen and oxygen atoms in total. The summed E-state index contributed by atoms with van der Waals surface area (Å²) in [4.78, 5) is 4.17. The molecule has 1 rings (SSSR count). The minimum Gasteiger partial charge on any atom is -0.246 e. The van der Waals surface area contributed by atoms with Crippen molar-refractivity contribution in [1.29, 1.82) is 0 Å². The molecule has 1 N–H and O–H groups in total. The van der Waals surface area contributed by atoms with Gasteiger partial charge in [-0.3, -0.25) is 0 Å². The molecule has 0 saturated heterocycles. The number of nitrogens with zero attached hydrogens (tertiary/aromatic N) is 1. The van der Waals surface area contributed by atoms with E-state index in [0.29, 0.717) is 0 Å². The van der Waals surface area contributed by atoms with E-state index in [0.717, 1.165) is 14.9 Å². The summed E-state index contributed by atoms with van der Waals surface area (Å²) in [7, 11) is 0.596. The van der Waals surface area contributed by atoms with Crippen molar-refractivity contribution in [1.82, 2.24) is 9.71 Å². The van der Waals surface area contributed by atoms with Crippen molar-refractivity contribution in [2.24, 2.45) is 0 Å². The van der Waals surface area contributed by atoms with Gasteiger partial charge in [0.25, 0.3) is 0 Å². The van der Waals surface area contributed by atoms with Gasteiger partial charge in [0.2, 0.25) is 0 Å². The molecule has 0 bridgehead atoms. The average molecular weight is 190 g/mol. The van der Waals surface area contributed by atoms with Crippen LogP contribution >= 0.6 is 11.3 Å². The van der Waals surface area contributed by atoms with E-state index in [1.54, 1.807) is 7.05 Å². The number of rotatable bonds is 2. The lowest BCUT2D eigenvalue weighted by molar-refractivity contribution is 0.679.